The van der Waals surface area contributed by atoms with E-state index in [-0.39, 0.29) is 17.5 Å². The van der Waals surface area contributed by atoms with E-state index in [2.05, 4.69) is 18.7 Å². The molecule has 1 aliphatic heterocycles. The fourth-order valence-corrected chi connectivity index (χ4v) is 8.84. The second-order valence-electron chi connectivity index (χ2n) is 12.2. The molecular weight excluding hydrogens is 386 g/mol. The molecule has 0 amide bonds. The summed E-state index contributed by atoms with van der Waals surface area (Å²) in [4.78, 5) is 27.3. The van der Waals surface area contributed by atoms with Crippen molar-refractivity contribution in [1.82, 2.24) is 4.90 Å². The van der Waals surface area contributed by atoms with Crippen molar-refractivity contribution in [3.05, 3.63) is 0 Å². The van der Waals surface area contributed by atoms with Crippen molar-refractivity contribution < 1.29 is 14.3 Å². The minimum atomic E-state index is 0.0287. The highest BCUT2D eigenvalue weighted by molar-refractivity contribution is 5.79. The van der Waals surface area contributed by atoms with Crippen molar-refractivity contribution in [3.8, 4) is 0 Å². The van der Waals surface area contributed by atoms with Crippen molar-refractivity contribution in [1.29, 1.82) is 0 Å². The van der Waals surface area contributed by atoms with Crippen LogP contribution in [0, 0.1) is 34.5 Å². The molecule has 0 N–H and O–H groups in total. The van der Waals surface area contributed by atoms with Gasteiger partial charge in [0.2, 0.25) is 0 Å². The van der Waals surface area contributed by atoms with Crippen LogP contribution in [0.3, 0.4) is 0 Å². The Kier molecular flexibility index (Phi) is 5.99. The Morgan fingerprint density at radius 3 is 2.55 bits per heavy atom. The average molecular weight is 430 g/mol. The third kappa shape index (κ3) is 3.89. The Labute approximate surface area is 188 Å². The Morgan fingerprint density at radius 2 is 1.74 bits per heavy atom. The van der Waals surface area contributed by atoms with E-state index in [1.165, 1.54) is 51.4 Å². The van der Waals surface area contributed by atoms with E-state index in [1.807, 2.05) is 0 Å². The first-order valence-electron chi connectivity index (χ1n) is 13.3. The van der Waals surface area contributed by atoms with E-state index in [4.69, 9.17) is 4.74 Å². The molecular formula is C27H43NO3. The molecule has 0 aromatic carbocycles. The van der Waals surface area contributed by atoms with Gasteiger partial charge in [0.05, 0.1) is 6.42 Å². The van der Waals surface area contributed by atoms with Crippen LogP contribution in [0.5, 0.6) is 0 Å². The van der Waals surface area contributed by atoms with Crippen molar-refractivity contribution >= 4 is 11.8 Å². The number of esters is 1. The van der Waals surface area contributed by atoms with Gasteiger partial charge in [0.25, 0.3) is 0 Å². The van der Waals surface area contributed by atoms with Gasteiger partial charge in [0, 0.05) is 24.8 Å². The van der Waals surface area contributed by atoms with Crippen LogP contribution in [0.4, 0.5) is 0 Å². The van der Waals surface area contributed by atoms with E-state index < -0.39 is 0 Å². The van der Waals surface area contributed by atoms with Gasteiger partial charge in [-0.15, -0.1) is 0 Å². The number of ketones is 1. The lowest BCUT2D eigenvalue weighted by atomic mass is 9.45. The van der Waals surface area contributed by atoms with Crippen LogP contribution in [-0.4, -0.2) is 42.4 Å². The highest BCUT2D eigenvalue weighted by Gasteiger charge is 2.61. The van der Waals surface area contributed by atoms with Crippen molar-refractivity contribution in [2.24, 2.45) is 34.5 Å². The minimum Gasteiger partial charge on any atom is -0.462 e. The number of nitrogens with zero attached hydrogens (tertiary/aromatic N) is 1. The maximum absolute atomic E-state index is 12.7. The molecule has 0 spiro atoms. The standard InChI is InChI=1S/C27H43NO3/c1-26-13-10-20(29)18-19(26)6-7-21-22-8-9-24(27(22,2)14-11-23(21)26)31-25(30)12-17-28-15-4-3-5-16-28/h19,21-24H,3-18H2,1-2H3/t19-,21+,22+,23+,24+,26-,27-/m0/s1. The molecule has 4 saturated carbocycles. The topological polar surface area (TPSA) is 46.6 Å². The van der Waals surface area contributed by atoms with Gasteiger partial charge in [-0.3, -0.25) is 9.59 Å². The summed E-state index contributed by atoms with van der Waals surface area (Å²) in [6.45, 7) is 8.10. The first-order chi connectivity index (χ1) is 14.9. The molecule has 174 valence electrons. The summed E-state index contributed by atoms with van der Waals surface area (Å²) in [5.41, 5.74) is 0.525. The summed E-state index contributed by atoms with van der Waals surface area (Å²) in [5, 5.41) is 0. The van der Waals surface area contributed by atoms with Gasteiger partial charge >= 0.3 is 5.97 Å². The number of carbonyl (C=O) groups is 2. The molecule has 5 fully saturated rings. The molecule has 0 bridgehead atoms. The van der Waals surface area contributed by atoms with Gasteiger partial charge in [0.1, 0.15) is 11.9 Å². The maximum atomic E-state index is 12.7. The number of fused-ring (bicyclic) bond motifs is 5. The molecule has 0 aromatic rings. The summed E-state index contributed by atoms with van der Waals surface area (Å²) in [5.74, 6) is 3.38. The first kappa shape index (κ1) is 21.9. The van der Waals surface area contributed by atoms with Crippen molar-refractivity contribution in [3.63, 3.8) is 0 Å². The van der Waals surface area contributed by atoms with E-state index in [1.54, 1.807) is 0 Å². The number of ether oxygens (including phenoxy) is 1. The molecule has 0 unspecified atom stereocenters. The molecule has 1 saturated heterocycles. The molecule has 1 heterocycles. The van der Waals surface area contributed by atoms with Crippen molar-refractivity contribution in [2.45, 2.75) is 103 Å². The zero-order chi connectivity index (χ0) is 21.6. The van der Waals surface area contributed by atoms with Crippen LogP contribution in [-0.2, 0) is 14.3 Å². The highest BCUT2D eigenvalue weighted by Crippen LogP contribution is 2.66. The fourth-order valence-electron chi connectivity index (χ4n) is 8.84. The predicted molar refractivity (Wildman–Crippen MR) is 122 cm³/mol. The number of rotatable bonds is 4. The Bertz CT molecular complexity index is 701. The normalized spacial score (nSPS) is 45.5. The van der Waals surface area contributed by atoms with Gasteiger partial charge in [-0.1, -0.05) is 20.3 Å². The Morgan fingerprint density at radius 1 is 0.968 bits per heavy atom. The average Bonchev–Trinajstić information content (AvgIpc) is 3.10. The van der Waals surface area contributed by atoms with E-state index in [9.17, 15) is 9.59 Å². The maximum Gasteiger partial charge on any atom is 0.307 e. The summed E-state index contributed by atoms with van der Waals surface area (Å²) in [6, 6.07) is 0. The zero-order valence-electron chi connectivity index (χ0n) is 19.9. The van der Waals surface area contributed by atoms with Crippen LogP contribution < -0.4 is 0 Å². The van der Waals surface area contributed by atoms with Crippen LogP contribution in [0.1, 0.15) is 97.3 Å². The summed E-state index contributed by atoms with van der Waals surface area (Å²) < 4.78 is 6.19. The smallest absolute Gasteiger partial charge is 0.307 e. The van der Waals surface area contributed by atoms with Gasteiger partial charge in [-0.25, -0.2) is 0 Å². The first-order valence-corrected chi connectivity index (χ1v) is 13.3. The summed E-state index contributed by atoms with van der Waals surface area (Å²) >= 11 is 0. The van der Waals surface area contributed by atoms with Crippen LogP contribution in [0.25, 0.3) is 0 Å². The van der Waals surface area contributed by atoms with Gasteiger partial charge in [-0.2, -0.15) is 0 Å². The number of hydrogen-bond donors (Lipinski definition) is 0. The molecule has 0 radical (unpaired) electrons. The van der Waals surface area contributed by atoms with Crippen LogP contribution in [0.15, 0.2) is 0 Å². The quantitative estimate of drug-likeness (QED) is 0.563. The molecule has 4 aliphatic carbocycles. The van der Waals surface area contributed by atoms with E-state index in [0.717, 1.165) is 57.2 Å². The van der Waals surface area contributed by atoms with E-state index >= 15 is 0 Å². The number of Topliss-reactive ketones (excluding diaryl/α,β-unsaturated/α-hetero) is 1. The summed E-state index contributed by atoms with van der Waals surface area (Å²) in [7, 11) is 0. The number of hydrogen-bond acceptors (Lipinski definition) is 4. The largest absolute Gasteiger partial charge is 0.462 e. The van der Waals surface area contributed by atoms with Gasteiger partial charge in [-0.05, 0) is 100.0 Å². The lowest BCUT2D eigenvalue weighted by Crippen LogP contribution is -2.54. The zero-order valence-corrected chi connectivity index (χ0v) is 19.9. The SMILES string of the molecule is C[C@]12CCC(=O)C[C@@H]1CC[C@H]1[C@H]2CC[C@@]2(C)[C@@H]1CC[C@H]2OC(=O)CCN1CCCCC1. The molecule has 5 rings (SSSR count). The molecule has 31 heavy (non-hydrogen) atoms. The number of carbonyl (C=O) groups excluding carboxylic acids is 2. The lowest BCUT2D eigenvalue weighted by Gasteiger charge is -2.60. The fraction of sp³-hybridized carbons (Fsp3) is 0.926. The third-order valence-electron chi connectivity index (χ3n) is 10.7. The number of likely N-dealkylation sites (tertiary alicyclic amines) is 1. The summed E-state index contributed by atoms with van der Waals surface area (Å²) in [6.07, 6.45) is 14.5. The van der Waals surface area contributed by atoms with Gasteiger partial charge in [0.15, 0.2) is 0 Å². The monoisotopic (exact) mass is 429 g/mol. The van der Waals surface area contributed by atoms with Crippen LogP contribution >= 0.6 is 0 Å². The molecule has 4 heteroatoms. The Balaban J connectivity index is 1.22. The lowest BCUT2D eigenvalue weighted by molar-refractivity contribution is -0.164. The molecule has 7 atom stereocenters. The molecule has 5 aliphatic rings. The van der Waals surface area contributed by atoms with E-state index in [0.29, 0.717) is 29.5 Å². The highest BCUT2D eigenvalue weighted by atomic mass is 16.5. The Hall–Kier alpha value is -0.900. The molecule has 4 nitrogen and oxygen atoms in total. The second-order valence-corrected chi connectivity index (χ2v) is 12.2. The number of piperidine rings is 1. The third-order valence-corrected chi connectivity index (χ3v) is 10.7. The van der Waals surface area contributed by atoms with Gasteiger partial charge < -0.3 is 9.64 Å². The minimum absolute atomic E-state index is 0.0287. The second kappa shape index (κ2) is 8.47. The predicted octanol–water partition coefficient (Wildman–Crippen LogP) is 5.39. The molecule has 0 aromatic heterocycles. The van der Waals surface area contributed by atoms with Crippen LogP contribution in [0.2, 0.25) is 0 Å². The van der Waals surface area contributed by atoms with Crippen molar-refractivity contribution in [2.75, 3.05) is 19.6 Å².